The van der Waals surface area contributed by atoms with Crippen molar-refractivity contribution >= 4 is 37.8 Å². The molecule has 2 aromatic rings. The van der Waals surface area contributed by atoms with Gasteiger partial charge in [-0.2, -0.15) is 0 Å². The van der Waals surface area contributed by atoms with Gasteiger partial charge in [-0.1, -0.05) is 38.8 Å². The molecule has 0 atom stereocenters. The second kappa shape index (κ2) is 8.67. The Balaban J connectivity index is 2.17. The molecular formula is C17H21Br2N3O2. The molecule has 0 spiro atoms. The maximum Gasteiger partial charge on any atom is 0.260 e. The molecule has 0 bridgehead atoms. The summed E-state index contributed by atoms with van der Waals surface area (Å²) < 4.78 is 9.37. The first-order valence-electron chi connectivity index (χ1n) is 7.85. The minimum Gasteiger partial charge on any atom is -0.471 e. The number of hydrogen-bond donors (Lipinski definition) is 0. The minimum atomic E-state index is -0.0436. The molecule has 24 heavy (non-hydrogen) atoms. The molecule has 0 aliphatic rings. The van der Waals surface area contributed by atoms with Crippen LogP contribution >= 0.6 is 31.9 Å². The second-order valence-corrected chi connectivity index (χ2v) is 7.30. The third-order valence-corrected chi connectivity index (χ3v) is 4.40. The van der Waals surface area contributed by atoms with Gasteiger partial charge in [0.25, 0.3) is 5.91 Å². The summed E-state index contributed by atoms with van der Waals surface area (Å²) in [6.45, 7) is 5.77. The molecule has 0 aliphatic heterocycles. The summed E-state index contributed by atoms with van der Waals surface area (Å²) in [6, 6.07) is 5.92. The van der Waals surface area contributed by atoms with Crippen LogP contribution in [-0.4, -0.2) is 33.7 Å². The number of ether oxygens (including phenoxy) is 1. The van der Waals surface area contributed by atoms with Crippen molar-refractivity contribution in [2.75, 3.05) is 13.1 Å². The molecule has 1 amide bonds. The van der Waals surface area contributed by atoms with Gasteiger partial charge in [-0.25, -0.2) is 0 Å². The quantitative estimate of drug-likeness (QED) is 0.617. The molecule has 0 saturated carbocycles. The van der Waals surface area contributed by atoms with Gasteiger partial charge in [0.2, 0.25) is 5.88 Å². The van der Waals surface area contributed by atoms with E-state index in [1.54, 1.807) is 22.8 Å². The lowest BCUT2D eigenvalue weighted by molar-refractivity contribution is 0.0759. The van der Waals surface area contributed by atoms with Crippen LogP contribution < -0.4 is 4.74 Å². The highest BCUT2D eigenvalue weighted by atomic mass is 79.9. The Morgan fingerprint density at radius 3 is 2.50 bits per heavy atom. The lowest BCUT2D eigenvalue weighted by Gasteiger charge is -2.19. The number of amides is 1. The summed E-state index contributed by atoms with van der Waals surface area (Å²) in [4.78, 5) is 14.5. The minimum absolute atomic E-state index is 0.0436. The number of nitrogens with zero attached hydrogens (tertiary/aromatic N) is 3. The first-order chi connectivity index (χ1) is 11.4. The van der Waals surface area contributed by atoms with Crippen LogP contribution in [0.4, 0.5) is 0 Å². The van der Waals surface area contributed by atoms with Crippen molar-refractivity contribution in [3.8, 4) is 5.88 Å². The fourth-order valence-electron chi connectivity index (χ4n) is 2.41. The molecule has 0 N–H and O–H groups in total. The van der Waals surface area contributed by atoms with E-state index in [1.165, 1.54) is 0 Å². The highest BCUT2D eigenvalue weighted by Gasteiger charge is 2.21. The number of halogens is 2. The Hall–Kier alpha value is -1.34. The zero-order valence-corrected chi connectivity index (χ0v) is 17.2. The van der Waals surface area contributed by atoms with Crippen molar-refractivity contribution in [3.63, 3.8) is 0 Å². The maximum atomic E-state index is 12.7. The van der Waals surface area contributed by atoms with E-state index < -0.39 is 0 Å². The van der Waals surface area contributed by atoms with Gasteiger partial charge in [-0.3, -0.25) is 9.48 Å². The van der Waals surface area contributed by atoms with Gasteiger partial charge in [0.1, 0.15) is 12.2 Å². The molecule has 0 saturated heterocycles. The number of carbonyl (C=O) groups excluding carboxylic acids is 1. The van der Waals surface area contributed by atoms with Crippen molar-refractivity contribution in [2.45, 2.75) is 26.9 Å². The van der Waals surface area contributed by atoms with E-state index >= 15 is 0 Å². The van der Waals surface area contributed by atoms with Gasteiger partial charge in [0, 0.05) is 35.3 Å². The van der Waals surface area contributed by atoms with Crippen LogP contribution in [-0.2, 0) is 13.7 Å². The molecule has 1 heterocycles. The van der Waals surface area contributed by atoms with Crippen molar-refractivity contribution < 1.29 is 9.53 Å². The Morgan fingerprint density at radius 2 is 1.92 bits per heavy atom. The van der Waals surface area contributed by atoms with E-state index in [9.17, 15) is 4.79 Å². The predicted molar refractivity (Wildman–Crippen MR) is 101 cm³/mol. The average molecular weight is 459 g/mol. The molecule has 1 aromatic heterocycles. The average Bonchev–Trinajstić information content (AvgIpc) is 2.90. The van der Waals surface area contributed by atoms with Gasteiger partial charge in [-0.05, 0) is 37.1 Å². The molecule has 0 unspecified atom stereocenters. The van der Waals surface area contributed by atoms with Crippen molar-refractivity contribution in [2.24, 2.45) is 7.05 Å². The summed E-state index contributed by atoms with van der Waals surface area (Å²) >= 11 is 6.92. The lowest BCUT2D eigenvalue weighted by Crippen LogP contribution is -2.31. The van der Waals surface area contributed by atoms with Crippen molar-refractivity contribution in [1.29, 1.82) is 0 Å². The fourth-order valence-corrected chi connectivity index (χ4v) is 3.80. The van der Waals surface area contributed by atoms with E-state index in [1.807, 2.05) is 25.1 Å². The normalized spacial score (nSPS) is 10.7. The Morgan fingerprint density at radius 1 is 1.25 bits per heavy atom. The smallest absolute Gasteiger partial charge is 0.260 e. The largest absolute Gasteiger partial charge is 0.471 e. The Bertz CT molecular complexity index is 696. The van der Waals surface area contributed by atoms with Crippen LogP contribution in [0.1, 0.15) is 36.2 Å². The fraction of sp³-hybridized carbons (Fsp3) is 0.412. The van der Waals surface area contributed by atoms with Crippen LogP contribution in [0.3, 0.4) is 0 Å². The van der Waals surface area contributed by atoms with Gasteiger partial charge < -0.3 is 9.64 Å². The molecule has 0 radical (unpaired) electrons. The maximum absolute atomic E-state index is 12.7. The van der Waals surface area contributed by atoms with Crippen LogP contribution in [0, 0.1) is 0 Å². The SMILES string of the molecule is CCCN(CC)C(=O)c1cn(C)nc1OCc1cc(Br)cc(Br)c1. The van der Waals surface area contributed by atoms with Crippen molar-refractivity contribution in [3.05, 3.63) is 44.5 Å². The van der Waals surface area contributed by atoms with E-state index in [4.69, 9.17) is 4.74 Å². The summed E-state index contributed by atoms with van der Waals surface area (Å²) in [5.41, 5.74) is 1.49. The monoisotopic (exact) mass is 457 g/mol. The summed E-state index contributed by atoms with van der Waals surface area (Å²) in [6.07, 6.45) is 2.63. The first-order valence-corrected chi connectivity index (χ1v) is 9.43. The van der Waals surface area contributed by atoms with Gasteiger partial charge in [0.15, 0.2) is 0 Å². The summed E-state index contributed by atoms with van der Waals surface area (Å²) in [5, 5.41) is 4.29. The van der Waals surface area contributed by atoms with E-state index in [2.05, 4.69) is 43.9 Å². The molecule has 2 rings (SSSR count). The van der Waals surface area contributed by atoms with Crippen LogP contribution in [0.2, 0.25) is 0 Å². The van der Waals surface area contributed by atoms with E-state index in [0.717, 1.165) is 27.5 Å². The number of carbonyl (C=O) groups is 1. The van der Waals surface area contributed by atoms with E-state index in [-0.39, 0.29) is 5.91 Å². The summed E-state index contributed by atoms with van der Waals surface area (Å²) in [5.74, 6) is 0.325. The molecule has 5 nitrogen and oxygen atoms in total. The molecular weight excluding hydrogens is 438 g/mol. The standard InChI is InChI=1S/C17H21Br2N3O2/c1-4-6-22(5-2)17(23)15-10-21(3)20-16(15)24-11-12-7-13(18)9-14(19)8-12/h7-10H,4-6,11H2,1-3H3. The zero-order valence-electron chi connectivity index (χ0n) is 14.1. The first kappa shape index (κ1) is 19.0. The zero-order chi connectivity index (χ0) is 17.7. The van der Waals surface area contributed by atoms with Crippen LogP contribution in [0.15, 0.2) is 33.3 Å². The molecule has 1 aromatic carbocycles. The van der Waals surface area contributed by atoms with Gasteiger partial charge in [-0.15, -0.1) is 5.10 Å². The summed E-state index contributed by atoms with van der Waals surface area (Å²) in [7, 11) is 1.79. The predicted octanol–water partition coefficient (Wildman–Crippen LogP) is 4.40. The molecule has 130 valence electrons. The van der Waals surface area contributed by atoms with E-state index in [0.29, 0.717) is 24.6 Å². The van der Waals surface area contributed by atoms with Gasteiger partial charge in [0.05, 0.1) is 0 Å². The second-order valence-electron chi connectivity index (χ2n) is 5.47. The number of aromatic nitrogens is 2. The number of hydrogen-bond acceptors (Lipinski definition) is 3. The molecule has 0 aliphatic carbocycles. The Labute approximate surface area is 159 Å². The molecule has 0 fully saturated rings. The number of rotatable bonds is 7. The number of aryl methyl sites for hydroxylation is 1. The highest BCUT2D eigenvalue weighted by Crippen LogP contribution is 2.23. The third kappa shape index (κ3) is 4.83. The van der Waals surface area contributed by atoms with Crippen molar-refractivity contribution in [1.82, 2.24) is 14.7 Å². The number of benzene rings is 1. The van der Waals surface area contributed by atoms with Gasteiger partial charge >= 0.3 is 0 Å². The Kier molecular flexibility index (Phi) is 6.86. The third-order valence-electron chi connectivity index (χ3n) is 3.49. The van der Waals surface area contributed by atoms with Crippen LogP contribution in [0.5, 0.6) is 5.88 Å². The molecule has 7 heteroatoms. The lowest BCUT2D eigenvalue weighted by atomic mass is 10.2. The topological polar surface area (TPSA) is 47.4 Å². The highest BCUT2D eigenvalue weighted by molar-refractivity contribution is 9.11. The van der Waals surface area contributed by atoms with Crippen LogP contribution in [0.25, 0.3) is 0 Å².